The summed E-state index contributed by atoms with van der Waals surface area (Å²) in [4.78, 5) is 0. The van der Waals surface area contributed by atoms with Gasteiger partial charge in [-0.2, -0.15) is 0 Å². The molecule has 13 heavy (non-hydrogen) atoms. The van der Waals surface area contributed by atoms with Crippen LogP contribution < -0.4 is 0 Å². The fraction of sp³-hybridized carbons (Fsp3) is 0.455. The van der Waals surface area contributed by atoms with Gasteiger partial charge in [-0.1, -0.05) is 28.1 Å². The summed E-state index contributed by atoms with van der Waals surface area (Å²) in [6.07, 6.45) is 3.37. The minimum atomic E-state index is 0.302. The molecule has 1 aromatic rings. The Morgan fingerprint density at radius 3 is 2.31 bits per heavy atom. The topological polar surface area (TPSA) is 20.2 Å². The molecular formula is C11H13BrO. The summed E-state index contributed by atoms with van der Waals surface area (Å²) in [6.45, 7) is 0.302. The molecule has 2 heteroatoms. The molecule has 0 radical (unpaired) electrons. The summed E-state index contributed by atoms with van der Waals surface area (Å²) in [7, 11) is 0. The van der Waals surface area contributed by atoms with Gasteiger partial charge in [0.25, 0.3) is 0 Å². The van der Waals surface area contributed by atoms with E-state index < -0.39 is 0 Å². The van der Waals surface area contributed by atoms with Crippen molar-refractivity contribution in [3.8, 4) is 0 Å². The largest absolute Gasteiger partial charge is 0.396 e. The summed E-state index contributed by atoms with van der Waals surface area (Å²) in [5.41, 5.74) is 1.69. The van der Waals surface area contributed by atoms with Crippen LogP contribution in [0.25, 0.3) is 0 Å². The van der Waals surface area contributed by atoms with Crippen LogP contribution in [0.5, 0.6) is 0 Å². The van der Waals surface area contributed by atoms with Gasteiger partial charge in [0.05, 0.1) is 0 Å². The van der Waals surface area contributed by atoms with Gasteiger partial charge in [0.15, 0.2) is 0 Å². The van der Waals surface area contributed by atoms with E-state index in [1.807, 2.05) is 0 Å². The number of benzene rings is 1. The third-order valence-corrected chi connectivity index (χ3v) is 3.43. The van der Waals surface area contributed by atoms with Crippen molar-refractivity contribution in [2.24, 2.45) is 0 Å². The molecule has 0 bridgehead atoms. The van der Waals surface area contributed by atoms with Crippen LogP contribution in [0.15, 0.2) is 28.7 Å². The van der Waals surface area contributed by atoms with E-state index in [1.54, 1.807) is 0 Å². The van der Waals surface area contributed by atoms with Crippen molar-refractivity contribution in [1.82, 2.24) is 0 Å². The molecule has 0 unspecified atom stereocenters. The molecule has 0 amide bonds. The fourth-order valence-corrected chi connectivity index (χ4v) is 2.12. The zero-order chi connectivity index (χ0) is 9.31. The molecule has 0 aromatic heterocycles. The van der Waals surface area contributed by atoms with E-state index in [-0.39, 0.29) is 0 Å². The molecule has 0 saturated heterocycles. The van der Waals surface area contributed by atoms with Crippen LogP contribution in [0.3, 0.4) is 0 Å². The summed E-state index contributed by atoms with van der Waals surface area (Å²) < 4.78 is 1.12. The monoisotopic (exact) mass is 240 g/mol. The zero-order valence-electron chi connectivity index (χ0n) is 7.46. The van der Waals surface area contributed by atoms with E-state index in [2.05, 4.69) is 40.2 Å². The van der Waals surface area contributed by atoms with Crippen LogP contribution >= 0.6 is 15.9 Å². The Morgan fingerprint density at radius 1 is 1.23 bits per heavy atom. The standard InChI is InChI=1S/C11H13BrO/c12-10-3-1-9(2-4-10)11(5-6-11)7-8-13/h1-4,13H,5-8H2. The van der Waals surface area contributed by atoms with Gasteiger partial charge in [0.1, 0.15) is 0 Å². The summed E-state index contributed by atoms with van der Waals surface area (Å²) >= 11 is 3.42. The van der Waals surface area contributed by atoms with Gasteiger partial charge in [0, 0.05) is 11.1 Å². The van der Waals surface area contributed by atoms with Crippen molar-refractivity contribution in [2.75, 3.05) is 6.61 Å². The average molecular weight is 241 g/mol. The highest BCUT2D eigenvalue weighted by Crippen LogP contribution is 2.50. The zero-order valence-corrected chi connectivity index (χ0v) is 9.05. The van der Waals surface area contributed by atoms with Gasteiger partial charge >= 0.3 is 0 Å². The fourth-order valence-electron chi connectivity index (χ4n) is 1.85. The van der Waals surface area contributed by atoms with Crippen LogP contribution in [0, 0.1) is 0 Å². The van der Waals surface area contributed by atoms with E-state index in [1.165, 1.54) is 18.4 Å². The highest BCUT2D eigenvalue weighted by molar-refractivity contribution is 9.10. The summed E-state index contributed by atoms with van der Waals surface area (Å²) in [5, 5.41) is 8.95. The Bertz CT molecular complexity index is 287. The highest BCUT2D eigenvalue weighted by atomic mass is 79.9. The first-order valence-electron chi connectivity index (χ1n) is 4.64. The molecule has 1 N–H and O–H groups in total. The first-order chi connectivity index (χ1) is 6.27. The van der Waals surface area contributed by atoms with Gasteiger partial charge in [-0.05, 0) is 42.4 Å². The number of halogens is 1. The molecule has 1 aromatic carbocycles. The highest BCUT2D eigenvalue weighted by Gasteiger charge is 2.43. The molecule has 2 rings (SSSR count). The number of hydrogen-bond acceptors (Lipinski definition) is 1. The Morgan fingerprint density at radius 2 is 1.85 bits per heavy atom. The SMILES string of the molecule is OCCC1(c2ccc(Br)cc2)CC1. The smallest absolute Gasteiger partial charge is 0.0439 e. The van der Waals surface area contributed by atoms with Crippen molar-refractivity contribution < 1.29 is 5.11 Å². The molecule has 70 valence electrons. The molecule has 0 aliphatic heterocycles. The average Bonchev–Trinajstić information content (AvgIpc) is 2.87. The van der Waals surface area contributed by atoms with Crippen LogP contribution in [0.1, 0.15) is 24.8 Å². The number of rotatable bonds is 3. The minimum Gasteiger partial charge on any atom is -0.396 e. The van der Waals surface area contributed by atoms with E-state index in [0.717, 1.165) is 10.9 Å². The number of aliphatic hydroxyl groups excluding tert-OH is 1. The number of aliphatic hydroxyl groups is 1. The quantitative estimate of drug-likeness (QED) is 0.862. The lowest BCUT2D eigenvalue weighted by atomic mass is 9.93. The van der Waals surface area contributed by atoms with Gasteiger partial charge in [0.2, 0.25) is 0 Å². The minimum absolute atomic E-state index is 0.302. The summed E-state index contributed by atoms with van der Waals surface area (Å²) in [5.74, 6) is 0. The van der Waals surface area contributed by atoms with Crippen LogP contribution in [-0.2, 0) is 5.41 Å². The van der Waals surface area contributed by atoms with Crippen LogP contribution in [-0.4, -0.2) is 11.7 Å². The molecule has 1 aliphatic rings. The predicted molar refractivity (Wildman–Crippen MR) is 56.8 cm³/mol. The van der Waals surface area contributed by atoms with Gasteiger partial charge in [-0.25, -0.2) is 0 Å². The second-order valence-corrected chi connectivity index (χ2v) is 4.68. The normalized spacial score (nSPS) is 18.6. The maximum Gasteiger partial charge on any atom is 0.0439 e. The molecule has 1 fully saturated rings. The molecule has 0 atom stereocenters. The molecule has 1 saturated carbocycles. The van der Waals surface area contributed by atoms with Crippen molar-refractivity contribution in [2.45, 2.75) is 24.7 Å². The lowest BCUT2D eigenvalue weighted by molar-refractivity contribution is 0.271. The Hall–Kier alpha value is -0.340. The first kappa shape index (κ1) is 9.22. The third-order valence-electron chi connectivity index (χ3n) is 2.90. The van der Waals surface area contributed by atoms with E-state index in [9.17, 15) is 0 Å². The first-order valence-corrected chi connectivity index (χ1v) is 5.43. The van der Waals surface area contributed by atoms with Crippen molar-refractivity contribution in [1.29, 1.82) is 0 Å². The summed E-state index contributed by atoms with van der Waals surface area (Å²) in [6, 6.07) is 8.47. The molecule has 0 spiro atoms. The molecule has 1 nitrogen and oxygen atoms in total. The Labute approximate surface area is 86.9 Å². The van der Waals surface area contributed by atoms with Crippen molar-refractivity contribution >= 4 is 15.9 Å². The van der Waals surface area contributed by atoms with E-state index in [0.29, 0.717) is 12.0 Å². The Kier molecular flexibility index (Phi) is 2.43. The second-order valence-electron chi connectivity index (χ2n) is 3.76. The van der Waals surface area contributed by atoms with Crippen molar-refractivity contribution in [3.05, 3.63) is 34.3 Å². The van der Waals surface area contributed by atoms with Gasteiger partial charge in [-0.15, -0.1) is 0 Å². The maximum atomic E-state index is 8.95. The van der Waals surface area contributed by atoms with E-state index in [4.69, 9.17) is 5.11 Å². The van der Waals surface area contributed by atoms with Crippen LogP contribution in [0.4, 0.5) is 0 Å². The van der Waals surface area contributed by atoms with Crippen LogP contribution in [0.2, 0.25) is 0 Å². The lowest BCUT2D eigenvalue weighted by Crippen LogP contribution is -2.08. The maximum absolute atomic E-state index is 8.95. The third kappa shape index (κ3) is 1.79. The molecule has 0 heterocycles. The predicted octanol–water partition coefficient (Wildman–Crippen LogP) is 2.86. The van der Waals surface area contributed by atoms with Gasteiger partial charge in [-0.3, -0.25) is 0 Å². The Balaban J connectivity index is 2.20. The molecular weight excluding hydrogens is 228 g/mol. The second kappa shape index (κ2) is 3.43. The lowest BCUT2D eigenvalue weighted by Gasteiger charge is -2.13. The number of hydrogen-bond donors (Lipinski definition) is 1. The van der Waals surface area contributed by atoms with Gasteiger partial charge < -0.3 is 5.11 Å². The van der Waals surface area contributed by atoms with Crippen molar-refractivity contribution in [3.63, 3.8) is 0 Å². The molecule has 1 aliphatic carbocycles. The van der Waals surface area contributed by atoms with E-state index >= 15 is 0 Å².